The zero-order valence-electron chi connectivity index (χ0n) is 11.4. The molecule has 0 amide bonds. The van der Waals surface area contributed by atoms with E-state index in [1.54, 1.807) is 12.1 Å². The van der Waals surface area contributed by atoms with Crippen LogP contribution in [0.15, 0.2) is 42.5 Å². The fourth-order valence-corrected chi connectivity index (χ4v) is 2.44. The van der Waals surface area contributed by atoms with E-state index in [1.165, 1.54) is 17.2 Å². The summed E-state index contributed by atoms with van der Waals surface area (Å²) < 4.78 is 13.0. The molecule has 0 fully saturated rings. The quantitative estimate of drug-likeness (QED) is 0.870. The van der Waals surface area contributed by atoms with Gasteiger partial charge in [-0.2, -0.15) is 0 Å². The number of aliphatic hydroxyl groups is 1. The molecule has 2 aromatic carbocycles. The molecular formula is C17H18ClFO. The monoisotopic (exact) mass is 292 g/mol. The van der Waals surface area contributed by atoms with Crippen LogP contribution in [0.5, 0.6) is 0 Å². The molecule has 20 heavy (non-hydrogen) atoms. The van der Waals surface area contributed by atoms with E-state index in [2.05, 4.69) is 25.1 Å². The van der Waals surface area contributed by atoms with Gasteiger partial charge in [0.25, 0.3) is 0 Å². The summed E-state index contributed by atoms with van der Waals surface area (Å²) in [4.78, 5) is 0. The molecule has 2 rings (SSSR count). The van der Waals surface area contributed by atoms with E-state index in [-0.39, 0.29) is 5.02 Å². The first-order valence-electron chi connectivity index (χ1n) is 6.72. The van der Waals surface area contributed by atoms with Crippen molar-refractivity contribution in [3.05, 3.63) is 70.0 Å². The van der Waals surface area contributed by atoms with Crippen LogP contribution in [0, 0.1) is 12.7 Å². The third-order valence-corrected chi connectivity index (χ3v) is 3.59. The molecule has 0 saturated carbocycles. The standard InChI is InChI=1S/C17H18ClFO/c1-12-3-2-4-13(9-12)5-7-15(20)10-14-6-8-17(19)16(18)11-14/h2-4,6,8-9,11,15,20H,5,7,10H2,1H3. The molecule has 0 aliphatic carbocycles. The average molecular weight is 293 g/mol. The number of halogens is 2. The van der Waals surface area contributed by atoms with Crippen LogP contribution in [-0.4, -0.2) is 11.2 Å². The summed E-state index contributed by atoms with van der Waals surface area (Å²) in [5, 5.41) is 10.2. The van der Waals surface area contributed by atoms with Crippen LogP contribution >= 0.6 is 11.6 Å². The Kier molecular flexibility index (Phi) is 5.16. The topological polar surface area (TPSA) is 20.2 Å². The SMILES string of the molecule is Cc1cccc(CCC(O)Cc2ccc(F)c(Cl)c2)c1. The molecule has 0 aliphatic rings. The van der Waals surface area contributed by atoms with Gasteiger partial charge < -0.3 is 5.11 Å². The van der Waals surface area contributed by atoms with Crippen molar-refractivity contribution in [2.45, 2.75) is 32.3 Å². The van der Waals surface area contributed by atoms with Crippen molar-refractivity contribution in [3.63, 3.8) is 0 Å². The molecule has 0 aliphatic heterocycles. The lowest BCUT2D eigenvalue weighted by Crippen LogP contribution is -2.11. The van der Waals surface area contributed by atoms with Crippen LogP contribution in [0.3, 0.4) is 0 Å². The zero-order chi connectivity index (χ0) is 14.5. The lowest BCUT2D eigenvalue weighted by Gasteiger charge is -2.11. The fraction of sp³-hybridized carbons (Fsp3) is 0.294. The number of hydrogen-bond acceptors (Lipinski definition) is 1. The maximum Gasteiger partial charge on any atom is 0.141 e. The Balaban J connectivity index is 1.89. The zero-order valence-corrected chi connectivity index (χ0v) is 12.2. The summed E-state index contributed by atoms with van der Waals surface area (Å²) in [6.45, 7) is 2.06. The predicted molar refractivity (Wildman–Crippen MR) is 80.6 cm³/mol. The van der Waals surface area contributed by atoms with Crippen LogP contribution in [0.2, 0.25) is 5.02 Å². The van der Waals surface area contributed by atoms with Gasteiger partial charge in [0.15, 0.2) is 0 Å². The highest BCUT2D eigenvalue weighted by Gasteiger charge is 2.08. The van der Waals surface area contributed by atoms with E-state index in [0.717, 1.165) is 12.0 Å². The Hall–Kier alpha value is -1.38. The van der Waals surface area contributed by atoms with Gasteiger partial charge in [-0.15, -0.1) is 0 Å². The predicted octanol–water partition coefficient (Wildman–Crippen LogP) is 4.32. The Bertz CT molecular complexity index is 583. The first-order valence-corrected chi connectivity index (χ1v) is 7.10. The van der Waals surface area contributed by atoms with Crippen molar-refractivity contribution in [3.8, 4) is 0 Å². The van der Waals surface area contributed by atoms with Crippen LogP contribution in [0.25, 0.3) is 0 Å². The molecule has 1 atom stereocenters. The number of aliphatic hydroxyl groups excluding tert-OH is 1. The van der Waals surface area contributed by atoms with Gasteiger partial charge in [0.2, 0.25) is 0 Å². The lowest BCUT2D eigenvalue weighted by atomic mass is 10.0. The minimum atomic E-state index is -0.447. The molecule has 1 unspecified atom stereocenters. The van der Waals surface area contributed by atoms with Crippen molar-refractivity contribution in [1.29, 1.82) is 0 Å². The second-order valence-electron chi connectivity index (χ2n) is 5.13. The normalized spacial score (nSPS) is 12.4. The molecule has 0 heterocycles. The van der Waals surface area contributed by atoms with Crippen molar-refractivity contribution < 1.29 is 9.50 Å². The Morgan fingerprint density at radius 2 is 1.95 bits per heavy atom. The van der Waals surface area contributed by atoms with Gasteiger partial charge in [-0.05, 0) is 49.4 Å². The molecule has 106 valence electrons. The van der Waals surface area contributed by atoms with Gasteiger partial charge in [0.1, 0.15) is 5.82 Å². The lowest BCUT2D eigenvalue weighted by molar-refractivity contribution is 0.165. The number of benzene rings is 2. The molecule has 1 N–H and O–H groups in total. The molecule has 1 nitrogen and oxygen atoms in total. The fourth-order valence-electron chi connectivity index (χ4n) is 2.24. The summed E-state index contributed by atoms with van der Waals surface area (Å²) in [5.74, 6) is -0.426. The number of aryl methyl sites for hydroxylation is 2. The molecule has 3 heteroatoms. The molecule has 0 bridgehead atoms. The highest BCUT2D eigenvalue weighted by Crippen LogP contribution is 2.18. The van der Waals surface area contributed by atoms with E-state index in [0.29, 0.717) is 12.8 Å². The van der Waals surface area contributed by atoms with Gasteiger partial charge >= 0.3 is 0 Å². The van der Waals surface area contributed by atoms with Crippen LogP contribution in [-0.2, 0) is 12.8 Å². The van der Waals surface area contributed by atoms with Gasteiger partial charge in [-0.25, -0.2) is 4.39 Å². The third kappa shape index (κ3) is 4.32. The second kappa shape index (κ2) is 6.87. The minimum absolute atomic E-state index is 0.105. The number of hydrogen-bond donors (Lipinski definition) is 1. The molecule has 0 spiro atoms. The van der Waals surface area contributed by atoms with Crippen LogP contribution < -0.4 is 0 Å². The van der Waals surface area contributed by atoms with Crippen molar-refractivity contribution in [1.82, 2.24) is 0 Å². The third-order valence-electron chi connectivity index (χ3n) is 3.30. The van der Waals surface area contributed by atoms with E-state index in [9.17, 15) is 9.50 Å². The maximum absolute atomic E-state index is 13.0. The van der Waals surface area contributed by atoms with Crippen molar-refractivity contribution in [2.75, 3.05) is 0 Å². The molecular weight excluding hydrogens is 275 g/mol. The van der Waals surface area contributed by atoms with Crippen molar-refractivity contribution >= 4 is 11.6 Å². The van der Waals surface area contributed by atoms with Gasteiger partial charge in [0.05, 0.1) is 11.1 Å². The van der Waals surface area contributed by atoms with E-state index < -0.39 is 11.9 Å². The van der Waals surface area contributed by atoms with Gasteiger partial charge in [-0.3, -0.25) is 0 Å². The summed E-state index contributed by atoms with van der Waals surface area (Å²) in [5.41, 5.74) is 3.30. The Morgan fingerprint density at radius 1 is 1.15 bits per heavy atom. The molecule has 0 saturated heterocycles. The molecule has 0 aromatic heterocycles. The van der Waals surface area contributed by atoms with E-state index >= 15 is 0 Å². The Morgan fingerprint density at radius 3 is 2.65 bits per heavy atom. The smallest absolute Gasteiger partial charge is 0.141 e. The maximum atomic E-state index is 13.0. The summed E-state index contributed by atoms with van der Waals surface area (Å²) in [7, 11) is 0. The summed E-state index contributed by atoms with van der Waals surface area (Å²) in [6, 6.07) is 12.8. The summed E-state index contributed by atoms with van der Waals surface area (Å²) in [6.07, 6.45) is 1.55. The Labute approximate surface area is 124 Å². The highest BCUT2D eigenvalue weighted by atomic mass is 35.5. The number of rotatable bonds is 5. The summed E-state index contributed by atoms with van der Waals surface area (Å²) >= 11 is 5.73. The van der Waals surface area contributed by atoms with E-state index in [1.807, 2.05) is 6.07 Å². The van der Waals surface area contributed by atoms with E-state index in [4.69, 9.17) is 11.6 Å². The largest absolute Gasteiger partial charge is 0.393 e. The minimum Gasteiger partial charge on any atom is -0.393 e. The van der Waals surface area contributed by atoms with Gasteiger partial charge in [-0.1, -0.05) is 47.5 Å². The molecule has 2 aromatic rings. The van der Waals surface area contributed by atoms with Crippen molar-refractivity contribution in [2.24, 2.45) is 0 Å². The van der Waals surface area contributed by atoms with Gasteiger partial charge in [0, 0.05) is 0 Å². The first kappa shape index (κ1) is 15.0. The molecule has 0 radical (unpaired) electrons. The first-order chi connectivity index (χ1) is 9.54. The highest BCUT2D eigenvalue weighted by molar-refractivity contribution is 6.30. The average Bonchev–Trinajstić information content (AvgIpc) is 2.41. The van der Waals surface area contributed by atoms with Crippen LogP contribution in [0.1, 0.15) is 23.1 Å². The van der Waals surface area contributed by atoms with Crippen LogP contribution in [0.4, 0.5) is 4.39 Å². The second-order valence-corrected chi connectivity index (χ2v) is 5.54.